The van der Waals surface area contributed by atoms with Crippen LogP contribution >= 0.6 is 7.52 Å². The van der Waals surface area contributed by atoms with E-state index in [1.807, 2.05) is 13.8 Å². The molecule has 0 aromatic rings. The summed E-state index contributed by atoms with van der Waals surface area (Å²) in [4.78, 5) is 0. The number of hydrogen-bond acceptors (Lipinski definition) is 2. The summed E-state index contributed by atoms with van der Waals surface area (Å²) in [6, 6.07) is 0.465. The molecular formula is C7H16NO2P. The van der Waals surface area contributed by atoms with Crippen LogP contribution < -0.4 is 5.09 Å². The maximum absolute atomic E-state index is 11.7. The van der Waals surface area contributed by atoms with Crippen LogP contribution in [0.15, 0.2) is 0 Å². The van der Waals surface area contributed by atoms with Gasteiger partial charge in [-0.05, 0) is 19.8 Å². The Morgan fingerprint density at radius 3 is 2.55 bits per heavy atom. The van der Waals surface area contributed by atoms with Crippen LogP contribution in [0.25, 0.3) is 0 Å². The maximum Gasteiger partial charge on any atom is 0.269 e. The zero-order valence-corrected chi connectivity index (χ0v) is 8.06. The molecule has 0 aromatic carbocycles. The van der Waals surface area contributed by atoms with Crippen molar-refractivity contribution in [2.24, 2.45) is 0 Å². The summed E-state index contributed by atoms with van der Waals surface area (Å²) >= 11 is 0. The Labute approximate surface area is 68.0 Å². The van der Waals surface area contributed by atoms with E-state index in [1.54, 1.807) is 0 Å². The minimum absolute atomic E-state index is 0.465. The molecule has 1 saturated carbocycles. The highest BCUT2D eigenvalue weighted by atomic mass is 31.2. The standard InChI is InChI=1S/C7H16NO2P/c1-3-10-11(9,4-2)8-7-5-6-7/h7H,3-6H2,1-2H3,(H,8,9). The van der Waals surface area contributed by atoms with Crippen LogP contribution in [0.1, 0.15) is 26.7 Å². The van der Waals surface area contributed by atoms with Gasteiger partial charge in [-0.3, -0.25) is 4.57 Å². The first-order valence-electron chi connectivity index (χ1n) is 4.21. The number of rotatable bonds is 5. The Morgan fingerprint density at radius 2 is 2.18 bits per heavy atom. The highest BCUT2D eigenvalue weighted by Gasteiger charge is 2.30. The van der Waals surface area contributed by atoms with Gasteiger partial charge in [0.1, 0.15) is 0 Å². The zero-order chi connectivity index (χ0) is 8.32. The fourth-order valence-electron chi connectivity index (χ4n) is 0.919. The Kier molecular flexibility index (Phi) is 3.11. The lowest BCUT2D eigenvalue weighted by Gasteiger charge is -2.16. The Hall–Kier alpha value is 0.150. The van der Waals surface area contributed by atoms with Gasteiger partial charge in [-0.15, -0.1) is 0 Å². The van der Waals surface area contributed by atoms with Gasteiger partial charge >= 0.3 is 0 Å². The molecule has 1 aliphatic rings. The van der Waals surface area contributed by atoms with Crippen molar-refractivity contribution in [1.29, 1.82) is 0 Å². The van der Waals surface area contributed by atoms with E-state index in [2.05, 4.69) is 5.09 Å². The first-order chi connectivity index (χ1) is 5.20. The van der Waals surface area contributed by atoms with Crippen LogP contribution in [0.3, 0.4) is 0 Å². The molecule has 1 aliphatic carbocycles. The lowest BCUT2D eigenvalue weighted by atomic mass is 10.8. The molecule has 0 saturated heterocycles. The molecule has 0 bridgehead atoms. The molecule has 0 spiro atoms. The average molecular weight is 177 g/mol. The Bertz CT molecular complexity index is 168. The Morgan fingerprint density at radius 1 is 1.55 bits per heavy atom. The third kappa shape index (κ3) is 2.94. The molecule has 66 valence electrons. The minimum atomic E-state index is -2.44. The molecule has 0 radical (unpaired) electrons. The molecule has 0 heterocycles. The second kappa shape index (κ2) is 3.70. The first kappa shape index (κ1) is 9.24. The molecule has 1 N–H and O–H groups in total. The summed E-state index contributed by atoms with van der Waals surface area (Å²) < 4.78 is 16.9. The van der Waals surface area contributed by atoms with Crippen LogP contribution in [0, 0.1) is 0 Å². The van der Waals surface area contributed by atoms with Crippen molar-refractivity contribution in [1.82, 2.24) is 5.09 Å². The van der Waals surface area contributed by atoms with Gasteiger partial charge in [0.25, 0.3) is 7.52 Å². The molecule has 0 aromatic heterocycles. The lowest BCUT2D eigenvalue weighted by molar-refractivity contribution is 0.325. The molecule has 4 heteroatoms. The van der Waals surface area contributed by atoms with Gasteiger partial charge in [-0.2, -0.15) is 0 Å². The molecule has 0 aliphatic heterocycles. The van der Waals surface area contributed by atoms with Crippen molar-refractivity contribution in [3.63, 3.8) is 0 Å². The third-order valence-electron chi connectivity index (χ3n) is 1.71. The number of nitrogens with one attached hydrogen (secondary N) is 1. The summed E-state index contributed by atoms with van der Waals surface area (Å²) in [7, 11) is -2.44. The lowest BCUT2D eigenvalue weighted by Crippen LogP contribution is -2.16. The van der Waals surface area contributed by atoms with Crippen LogP contribution in [0.5, 0.6) is 0 Å². The Balaban J connectivity index is 2.36. The largest absolute Gasteiger partial charge is 0.318 e. The average Bonchev–Trinajstić information content (AvgIpc) is 2.73. The van der Waals surface area contributed by atoms with E-state index in [0.29, 0.717) is 18.8 Å². The minimum Gasteiger partial charge on any atom is -0.318 e. The van der Waals surface area contributed by atoms with Gasteiger partial charge in [0.05, 0.1) is 6.61 Å². The predicted octanol–water partition coefficient (Wildman–Crippen LogP) is 1.99. The first-order valence-corrected chi connectivity index (χ1v) is 6.02. The normalized spacial score (nSPS) is 23.1. The smallest absolute Gasteiger partial charge is 0.269 e. The summed E-state index contributed by atoms with van der Waals surface area (Å²) in [5.41, 5.74) is 0. The SMILES string of the molecule is CCOP(=O)(CC)NC1CC1. The summed E-state index contributed by atoms with van der Waals surface area (Å²) in [6.07, 6.45) is 2.89. The molecule has 1 fully saturated rings. The van der Waals surface area contributed by atoms with Crippen LogP contribution in [-0.2, 0) is 9.09 Å². The topological polar surface area (TPSA) is 38.3 Å². The van der Waals surface area contributed by atoms with Crippen molar-refractivity contribution in [2.75, 3.05) is 12.8 Å². The van der Waals surface area contributed by atoms with Gasteiger partial charge in [0.15, 0.2) is 0 Å². The molecule has 1 atom stereocenters. The van der Waals surface area contributed by atoms with Crippen molar-refractivity contribution in [3.05, 3.63) is 0 Å². The van der Waals surface area contributed by atoms with Crippen LogP contribution in [0.2, 0.25) is 0 Å². The van der Waals surface area contributed by atoms with Crippen LogP contribution in [0.4, 0.5) is 0 Å². The van der Waals surface area contributed by atoms with Crippen molar-refractivity contribution in [3.8, 4) is 0 Å². The second-order valence-corrected chi connectivity index (χ2v) is 5.31. The summed E-state index contributed by atoms with van der Waals surface area (Å²) in [5.74, 6) is 0. The number of hydrogen-bond donors (Lipinski definition) is 1. The second-order valence-electron chi connectivity index (χ2n) is 2.81. The predicted molar refractivity (Wildman–Crippen MR) is 45.9 cm³/mol. The molecule has 0 amide bonds. The van der Waals surface area contributed by atoms with Crippen molar-refractivity contribution < 1.29 is 9.09 Å². The monoisotopic (exact) mass is 177 g/mol. The fraction of sp³-hybridized carbons (Fsp3) is 1.00. The highest BCUT2D eigenvalue weighted by molar-refractivity contribution is 7.56. The molecule has 3 nitrogen and oxygen atoms in total. The zero-order valence-electron chi connectivity index (χ0n) is 7.17. The fourth-order valence-corrected chi connectivity index (χ4v) is 2.59. The van der Waals surface area contributed by atoms with Crippen LogP contribution in [-0.4, -0.2) is 18.8 Å². The van der Waals surface area contributed by atoms with E-state index in [9.17, 15) is 4.57 Å². The summed E-state index contributed by atoms with van der Waals surface area (Å²) in [6.45, 7) is 4.30. The van der Waals surface area contributed by atoms with Crippen molar-refractivity contribution >= 4 is 7.52 Å². The van der Waals surface area contributed by atoms with Gasteiger partial charge in [0, 0.05) is 12.2 Å². The molecule has 11 heavy (non-hydrogen) atoms. The van der Waals surface area contributed by atoms with Gasteiger partial charge < -0.3 is 4.52 Å². The quantitative estimate of drug-likeness (QED) is 0.652. The molecule has 1 rings (SSSR count). The van der Waals surface area contributed by atoms with E-state index in [4.69, 9.17) is 4.52 Å². The molecule has 1 unspecified atom stereocenters. The molecular weight excluding hydrogens is 161 g/mol. The van der Waals surface area contributed by atoms with E-state index in [-0.39, 0.29) is 0 Å². The van der Waals surface area contributed by atoms with Gasteiger partial charge in [-0.25, -0.2) is 5.09 Å². The van der Waals surface area contributed by atoms with E-state index < -0.39 is 7.52 Å². The van der Waals surface area contributed by atoms with Gasteiger partial charge in [-0.1, -0.05) is 6.92 Å². The van der Waals surface area contributed by atoms with E-state index >= 15 is 0 Å². The van der Waals surface area contributed by atoms with Crippen molar-refractivity contribution in [2.45, 2.75) is 32.7 Å². The van der Waals surface area contributed by atoms with E-state index in [1.165, 1.54) is 0 Å². The maximum atomic E-state index is 11.7. The third-order valence-corrected chi connectivity index (χ3v) is 3.98. The highest BCUT2D eigenvalue weighted by Crippen LogP contribution is 2.45. The van der Waals surface area contributed by atoms with E-state index in [0.717, 1.165) is 12.8 Å². The summed E-state index contributed by atoms with van der Waals surface area (Å²) in [5, 5.41) is 3.05. The van der Waals surface area contributed by atoms with Gasteiger partial charge in [0.2, 0.25) is 0 Å².